The lowest BCUT2D eigenvalue weighted by Gasteiger charge is -2.23. The second-order valence-electron chi connectivity index (χ2n) is 5.88. The summed E-state index contributed by atoms with van der Waals surface area (Å²) >= 11 is 1.56. The molecule has 0 bridgehead atoms. The number of methoxy groups -OCH3 is 2. The molecule has 0 amide bonds. The molecule has 6 nitrogen and oxygen atoms in total. The number of thioether (sulfide) groups is 1. The van der Waals surface area contributed by atoms with Crippen LogP contribution in [0.5, 0.6) is 11.5 Å². The normalized spacial score (nSPS) is 16.8. The molecule has 1 atom stereocenters. The van der Waals surface area contributed by atoms with Crippen LogP contribution in [0, 0.1) is 0 Å². The lowest BCUT2D eigenvalue weighted by molar-refractivity contribution is 0.391. The highest BCUT2D eigenvalue weighted by molar-refractivity contribution is 8.14. The Balaban J connectivity index is 2.19. The van der Waals surface area contributed by atoms with Gasteiger partial charge >= 0.3 is 0 Å². The maximum absolute atomic E-state index is 12.6. The molecule has 0 spiro atoms. The molecule has 1 aliphatic rings. The van der Waals surface area contributed by atoms with Crippen LogP contribution in [0.15, 0.2) is 28.0 Å². The number of H-pyrrole nitrogens is 1. The van der Waals surface area contributed by atoms with Crippen molar-refractivity contribution in [2.24, 2.45) is 4.99 Å². The lowest BCUT2D eigenvalue weighted by Crippen LogP contribution is -2.14. The molecule has 0 unspecified atom stereocenters. The molecule has 0 radical (unpaired) electrons. The van der Waals surface area contributed by atoms with E-state index < -0.39 is 0 Å². The van der Waals surface area contributed by atoms with Crippen molar-refractivity contribution in [2.45, 2.75) is 32.1 Å². The number of rotatable bonds is 4. The first-order chi connectivity index (χ1) is 11.5. The molecule has 3 rings (SSSR count). The maximum atomic E-state index is 12.6. The first-order valence-electron chi connectivity index (χ1n) is 7.74. The van der Waals surface area contributed by atoms with Gasteiger partial charge in [-0.05, 0) is 26.8 Å². The fraction of sp³-hybridized carbons (Fsp3) is 0.412. The Kier molecular flexibility index (Phi) is 4.45. The number of benzene rings is 1. The number of fused-ring (bicyclic) bond motifs is 1. The molecule has 1 aromatic heterocycles. The van der Waals surface area contributed by atoms with E-state index in [4.69, 9.17) is 9.47 Å². The van der Waals surface area contributed by atoms with Crippen molar-refractivity contribution >= 4 is 22.6 Å². The van der Waals surface area contributed by atoms with Gasteiger partial charge in [0, 0.05) is 17.7 Å². The van der Waals surface area contributed by atoms with Gasteiger partial charge in [0.15, 0.2) is 5.82 Å². The molecule has 0 fully saturated rings. The molecule has 0 saturated heterocycles. The summed E-state index contributed by atoms with van der Waals surface area (Å²) in [4.78, 5) is 17.2. The fourth-order valence-corrected chi connectivity index (χ4v) is 3.97. The van der Waals surface area contributed by atoms with Crippen LogP contribution in [0.3, 0.4) is 0 Å². The molecular formula is C17H21N3O3S. The number of aliphatic imine (C=N–C) groups is 1. The predicted octanol–water partition coefficient (Wildman–Crippen LogP) is 3.66. The monoisotopic (exact) mass is 347 g/mol. The van der Waals surface area contributed by atoms with Crippen LogP contribution in [0.4, 0.5) is 5.82 Å². The zero-order chi connectivity index (χ0) is 17.4. The number of nitrogens with one attached hydrogen (secondary N) is 1. The van der Waals surface area contributed by atoms with Crippen molar-refractivity contribution in [3.8, 4) is 11.5 Å². The molecule has 2 heterocycles. The van der Waals surface area contributed by atoms with Crippen molar-refractivity contribution in [1.29, 1.82) is 0 Å². The van der Waals surface area contributed by atoms with Crippen LogP contribution in [0.2, 0.25) is 0 Å². The van der Waals surface area contributed by atoms with Crippen LogP contribution in [0.25, 0.3) is 0 Å². The van der Waals surface area contributed by atoms with Gasteiger partial charge in [-0.3, -0.25) is 14.6 Å². The molecule has 7 heteroatoms. The summed E-state index contributed by atoms with van der Waals surface area (Å²) < 4.78 is 12.6. The number of aromatic amines is 1. The number of hydrogen-bond donors (Lipinski definition) is 1. The number of hydrogen-bond acceptors (Lipinski definition) is 5. The van der Waals surface area contributed by atoms with E-state index in [-0.39, 0.29) is 16.9 Å². The zero-order valence-corrected chi connectivity index (χ0v) is 15.2. The standard InChI is InChI=1S/C17H21N3O3S/c1-9(2)20-16-14(17(21)19-20)15(24-10(3)18-16)12-7-6-11(22-4)8-13(12)23-5/h6-9,15H,1-5H3,(H,19,21)/t15-/m1/s1. The Morgan fingerprint density at radius 3 is 2.67 bits per heavy atom. The van der Waals surface area contributed by atoms with Crippen molar-refractivity contribution in [2.75, 3.05) is 14.2 Å². The first kappa shape index (κ1) is 16.7. The van der Waals surface area contributed by atoms with E-state index >= 15 is 0 Å². The van der Waals surface area contributed by atoms with E-state index in [1.165, 1.54) is 0 Å². The summed E-state index contributed by atoms with van der Waals surface area (Å²) in [6.45, 7) is 6.00. The van der Waals surface area contributed by atoms with E-state index in [0.29, 0.717) is 17.1 Å². The summed E-state index contributed by atoms with van der Waals surface area (Å²) in [6.07, 6.45) is 0. The van der Waals surface area contributed by atoms with Gasteiger partial charge in [-0.25, -0.2) is 4.99 Å². The van der Waals surface area contributed by atoms with Crippen LogP contribution in [-0.4, -0.2) is 29.0 Å². The molecule has 1 aromatic carbocycles. The minimum Gasteiger partial charge on any atom is -0.497 e. The highest BCUT2D eigenvalue weighted by Crippen LogP contribution is 2.47. The third kappa shape index (κ3) is 2.73. The Labute approximate surface area is 144 Å². The highest BCUT2D eigenvalue weighted by Gasteiger charge is 2.32. The maximum Gasteiger partial charge on any atom is 0.271 e. The minimum absolute atomic E-state index is 0.106. The minimum atomic E-state index is -0.165. The van der Waals surface area contributed by atoms with Crippen molar-refractivity contribution < 1.29 is 9.47 Å². The summed E-state index contributed by atoms with van der Waals surface area (Å²) in [5.41, 5.74) is 1.50. The summed E-state index contributed by atoms with van der Waals surface area (Å²) in [5.74, 6) is 2.12. The number of aromatic nitrogens is 2. The Hall–Kier alpha value is -2.15. The molecule has 1 N–H and O–H groups in total. The molecular weight excluding hydrogens is 326 g/mol. The summed E-state index contributed by atoms with van der Waals surface area (Å²) in [7, 11) is 3.24. The van der Waals surface area contributed by atoms with Gasteiger partial charge in [0.1, 0.15) is 11.5 Å². The van der Waals surface area contributed by atoms with Crippen LogP contribution in [-0.2, 0) is 0 Å². The van der Waals surface area contributed by atoms with E-state index in [9.17, 15) is 4.79 Å². The molecule has 0 saturated carbocycles. The van der Waals surface area contributed by atoms with E-state index in [0.717, 1.165) is 16.4 Å². The van der Waals surface area contributed by atoms with Gasteiger partial charge in [-0.2, -0.15) is 0 Å². The summed E-state index contributed by atoms with van der Waals surface area (Å²) in [5, 5.41) is 3.66. The third-order valence-corrected chi connectivity index (χ3v) is 5.15. The van der Waals surface area contributed by atoms with Gasteiger partial charge in [0.2, 0.25) is 0 Å². The van der Waals surface area contributed by atoms with Gasteiger partial charge in [-0.15, -0.1) is 0 Å². The smallest absolute Gasteiger partial charge is 0.271 e. The molecule has 0 aliphatic carbocycles. The van der Waals surface area contributed by atoms with Crippen LogP contribution >= 0.6 is 11.8 Å². The average molecular weight is 347 g/mol. The second kappa shape index (κ2) is 6.39. The predicted molar refractivity (Wildman–Crippen MR) is 97.2 cm³/mol. The topological polar surface area (TPSA) is 68.6 Å². The van der Waals surface area contributed by atoms with Crippen molar-refractivity contribution in [3.63, 3.8) is 0 Å². The van der Waals surface area contributed by atoms with Crippen LogP contribution < -0.4 is 15.0 Å². The quantitative estimate of drug-likeness (QED) is 0.916. The fourth-order valence-electron chi connectivity index (χ4n) is 2.84. The Bertz CT molecular complexity index is 851. The van der Waals surface area contributed by atoms with Crippen LogP contribution in [0.1, 0.15) is 43.2 Å². The highest BCUT2D eigenvalue weighted by atomic mass is 32.2. The molecule has 1 aliphatic heterocycles. The van der Waals surface area contributed by atoms with Gasteiger partial charge in [0.05, 0.1) is 30.1 Å². The third-order valence-electron chi connectivity index (χ3n) is 3.99. The zero-order valence-electron chi connectivity index (χ0n) is 14.4. The summed E-state index contributed by atoms with van der Waals surface area (Å²) in [6, 6.07) is 5.79. The van der Waals surface area contributed by atoms with E-state index in [2.05, 4.69) is 10.1 Å². The number of ether oxygens (including phenoxy) is 2. The first-order valence-corrected chi connectivity index (χ1v) is 8.62. The van der Waals surface area contributed by atoms with Crippen molar-refractivity contribution in [3.05, 3.63) is 39.7 Å². The molecule has 24 heavy (non-hydrogen) atoms. The molecule has 128 valence electrons. The van der Waals surface area contributed by atoms with E-state index in [1.54, 1.807) is 26.0 Å². The van der Waals surface area contributed by atoms with Gasteiger partial charge in [0.25, 0.3) is 5.56 Å². The van der Waals surface area contributed by atoms with Gasteiger partial charge < -0.3 is 9.47 Å². The van der Waals surface area contributed by atoms with Gasteiger partial charge in [-0.1, -0.05) is 17.8 Å². The second-order valence-corrected chi connectivity index (χ2v) is 7.18. The Morgan fingerprint density at radius 2 is 2.04 bits per heavy atom. The lowest BCUT2D eigenvalue weighted by atomic mass is 10.0. The molecule has 2 aromatic rings. The SMILES string of the molecule is COc1ccc([C@H]2SC(C)=Nc3c2c(=O)[nH]n3C(C)C)c(OC)c1. The average Bonchev–Trinajstić information content (AvgIpc) is 2.90. The largest absolute Gasteiger partial charge is 0.497 e. The Morgan fingerprint density at radius 1 is 1.29 bits per heavy atom. The van der Waals surface area contributed by atoms with Crippen molar-refractivity contribution in [1.82, 2.24) is 9.78 Å². The van der Waals surface area contributed by atoms with E-state index in [1.807, 2.05) is 43.7 Å². The number of nitrogens with zero attached hydrogens (tertiary/aromatic N) is 2.